The molecule has 2 aromatic heterocycles. The van der Waals surface area contributed by atoms with Gasteiger partial charge in [0.05, 0.1) is 12.2 Å². The summed E-state index contributed by atoms with van der Waals surface area (Å²) < 4.78 is 0. The van der Waals surface area contributed by atoms with E-state index in [9.17, 15) is 4.79 Å². The van der Waals surface area contributed by atoms with Crippen LogP contribution in [0, 0.1) is 12.8 Å². The molecule has 0 saturated heterocycles. The smallest absolute Gasteiger partial charge is 0.270 e. The number of nitrogens with one attached hydrogen (secondary N) is 2. The van der Waals surface area contributed by atoms with E-state index in [0.29, 0.717) is 30.6 Å². The van der Waals surface area contributed by atoms with Crippen LogP contribution in [-0.2, 0) is 6.54 Å². The number of rotatable bonds is 7. The zero-order valence-electron chi connectivity index (χ0n) is 13.8. The van der Waals surface area contributed by atoms with Crippen LogP contribution in [0.15, 0.2) is 30.5 Å². The van der Waals surface area contributed by atoms with Gasteiger partial charge in [0, 0.05) is 18.4 Å². The summed E-state index contributed by atoms with van der Waals surface area (Å²) in [5.74, 6) is 0.819. The number of carbonyl (C=O) groups is 1. The average Bonchev–Trinajstić information content (AvgIpc) is 2.53. The summed E-state index contributed by atoms with van der Waals surface area (Å²) in [5, 5.41) is 6.00. The van der Waals surface area contributed by atoms with Crippen LogP contribution in [-0.4, -0.2) is 27.4 Å². The van der Waals surface area contributed by atoms with E-state index < -0.39 is 0 Å². The maximum Gasteiger partial charge on any atom is 0.270 e. The van der Waals surface area contributed by atoms with Crippen LogP contribution in [0.3, 0.4) is 0 Å². The molecule has 1 amide bonds. The lowest BCUT2D eigenvalue weighted by Gasteiger charge is -2.09. The lowest BCUT2D eigenvalue weighted by molar-refractivity contribution is 0.0947. The monoisotopic (exact) mass is 313 g/mol. The summed E-state index contributed by atoms with van der Waals surface area (Å²) in [5.41, 5.74) is 2.02. The van der Waals surface area contributed by atoms with E-state index in [-0.39, 0.29) is 5.91 Å². The molecule has 0 bridgehead atoms. The van der Waals surface area contributed by atoms with Crippen LogP contribution in [0.25, 0.3) is 0 Å². The van der Waals surface area contributed by atoms with E-state index in [1.165, 1.54) is 0 Å². The lowest BCUT2D eigenvalue weighted by Crippen LogP contribution is -2.26. The molecule has 0 aliphatic heterocycles. The van der Waals surface area contributed by atoms with E-state index in [1.807, 2.05) is 25.1 Å². The normalized spacial score (nSPS) is 10.6. The van der Waals surface area contributed by atoms with Gasteiger partial charge in [0.1, 0.15) is 5.69 Å². The van der Waals surface area contributed by atoms with Crippen LogP contribution in [0.5, 0.6) is 0 Å². The first-order chi connectivity index (χ1) is 11.0. The van der Waals surface area contributed by atoms with Gasteiger partial charge >= 0.3 is 0 Å². The predicted octanol–water partition coefficient (Wildman–Crippen LogP) is 2.57. The molecule has 0 fully saturated rings. The molecule has 2 heterocycles. The summed E-state index contributed by atoms with van der Waals surface area (Å²) in [6, 6.07) is 7.40. The summed E-state index contributed by atoms with van der Waals surface area (Å²) in [4.78, 5) is 25.0. The van der Waals surface area contributed by atoms with E-state index in [1.54, 1.807) is 12.3 Å². The second-order valence-corrected chi connectivity index (χ2v) is 5.83. The number of nitrogens with zero attached hydrogens (tertiary/aromatic N) is 3. The van der Waals surface area contributed by atoms with E-state index in [0.717, 1.165) is 17.8 Å². The van der Waals surface area contributed by atoms with Gasteiger partial charge < -0.3 is 10.6 Å². The molecule has 0 aliphatic carbocycles. The van der Waals surface area contributed by atoms with Crippen molar-refractivity contribution in [1.82, 2.24) is 20.3 Å². The summed E-state index contributed by atoms with van der Waals surface area (Å²) in [6.07, 6.45) is 2.68. The molecule has 0 aromatic carbocycles. The van der Waals surface area contributed by atoms with Crippen molar-refractivity contribution in [3.8, 4) is 0 Å². The number of aryl methyl sites for hydroxylation is 1. The van der Waals surface area contributed by atoms with Crippen LogP contribution >= 0.6 is 0 Å². The van der Waals surface area contributed by atoms with Gasteiger partial charge in [0.15, 0.2) is 0 Å². The Morgan fingerprint density at radius 3 is 2.78 bits per heavy atom. The number of aromatic nitrogens is 3. The second-order valence-electron chi connectivity index (χ2n) is 5.83. The molecule has 2 N–H and O–H groups in total. The molecule has 0 radical (unpaired) electrons. The highest BCUT2D eigenvalue weighted by molar-refractivity contribution is 5.92. The van der Waals surface area contributed by atoms with E-state index >= 15 is 0 Å². The Labute approximate surface area is 136 Å². The van der Waals surface area contributed by atoms with Gasteiger partial charge in [0.2, 0.25) is 5.95 Å². The van der Waals surface area contributed by atoms with Gasteiger partial charge in [-0.05, 0) is 37.5 Å². The Morgan fingerprint density at radius 1 is 1.26 bits per heavy atom. The molecule has 6 nitrogen and oxygen atoms in total. The molecule has 23 heavy (non-hydrogen) atoms. The molecule has 122 valence electrons. The van der Waals surface area contributed by atoms with Gasteiger partial charge in [-0.25, -0.2) is 9.97 Å². The zero-order chi connectivity index (χ0) is 16.7. The Balaban J connectivity index is 1.99. The number of pyridine rings is 1. The SMILES string of the molecule is Cc1cc(C(=O)NCCC(C)C)nc(NCc2ccccn2)n1. The van der Waals surface area contributed by atoms with Crippen LogP contribution in [0.1, 0.15) is 42.1 Å². The third-order valence-electron chi connectivity index (χ3n) is 3.25. The van der Waals surface area contributed by atoms with Crippen LogP contribution < -0.4 is 10.6 Å². The molecular formula is C17H23N5O. The van der Waals surface area contributed by atoms with Crippen molar-refractivity contribution in [2.75, 3.05) is 11.9 Å². The minimum atomic E-state index is -0.169. The fraction of sp³-hybridized carbons (Fsp3) is 0.412. The maximum absolute atomic E-state index is 12.2. The number of hydrogen-bond donors (Lipinski definition) is 2. The molecule has 0 saturated carbocycles. The van der Waals surface area contributed by atoms with Crippen molar-refractivity contribution in [3.05, 3.63) is 47.5 Å². The minimum Gasteiger partial charge on any atom is -0.351 e. The number of anilines is 1. The van der Waals surface area contributed by atoms with Crippen molar-refractivity contribution in [1.29, 1.82) is 0 Å². The Morgan fingerprint density at radius 2 is 2.09 bits per heavy atom. The second kappa shape index (κ2) is 8.22. The summed E-state index contributed by atoms with van der Waals surface area (Å²) in [6.45, 7) is 7.26. The van der Waals surface area contributed by atoms with Crippen molar-refractivity contribution >= 4 is 11.9 Å². The van der Waals surface area contributed by atoms with Crippen molar-refractivity contribution < 1.29 is 4.79 Å². The molecule has 2 aromatic rings. The Kier molecular flexibility index (Phi) is 6.02. The third-order valence-corrected chi connectivity index (χ3v) is 3.25. The Hall–Kier alpha value is -2.50. The molecule has 0 aliphatic rings. The highest BCUT2D eigenvalue weighted by Crippen LogP contribution is 2.07. The first-order valence-corrected chi connectivity index (χ1v) is 7.82. The molecule has 2 rings (SSSR count). The summed E-state index contributed by atoms with van der Waals surface area (Å²) in [7, 11) is 0. The van der Waals surface area contributed by atoms with Gasteiger partial charge in [0.25, 0.3) is 5.91 Å². The largest absolute Gasteiger partial charge is 0.351 e. The molecule has 6 heteroatoms. The van der Waals surface area contributed by atoms with Crippen molar-refractivity contribution in [2.24, 2.45) is 5.92 Å². The van der Waals surface area contributed by atoms with Gasteiger partial charge in [-0.2, -0.15) is 0 Å². The van der Waals surface area contributed by atoms with Crippen molar-refractivity contribution in [3.63, 3.8) is 0 Å². The predicted molar refractivity (Wildman–Crippen MR) is 90.1 cm³/mol. The number of amides is 1. The first-order valence-electron chi connectivity index (χ1n) is 7.82. The molecule has 0 spiro atoms. The quantitative estimate of drug-likeness (QED) is 0.821. The standard InChI is InChI=1S/C17H23N5O/c1-12(2)7-9-19-16(23)15-10-13(3)21-17(22-15)20-11-14-6-4-5-8-18-14/h4-6,8,10,12H,7,9,11H2,1-3H3,(H,19,23)(H,20,21,22). The fourth-order valence-corrected chi connectivity index (χ4v) is 2.00. The van der Waals surface area contributed by atoms with Crippen LogP contribution in [0.4, 0.5) is 5.95 Å². The van der Waals surface area contributed by atoms with Gasteiger partial charge in [-0.15, -0.1) is 0 Å². The van der Waals surface area contributed by atoms with Crippen LogP contribution in [0.2, 0.25) is 0 Å². The van der Waals surface area contributed by atoms with Crippen molar-refractivity contribution in [2.45, 2.75) is 33.7 Å². The highest BCUT2D eigenvalue weighted by Gasteiger charge is 2.10. The maximum atomic E-state index is 12.2. The lowest BCUT2D eigenvalue weighted by atomic mass is 10.1. The van der Waals surface area contributed by atoms with Gasteiger partial charge in [-0.1, -0.05) is 19.9 Å². The minimum absolute atomic E-state index is 0.169. The molecular weight excluding hydrogens is 290 g/mol. The average molecular weight is 313 g/mol. The third kappa shape index (κ3) is 5.65. The first kappa shape index (κ1) is 16.9. The van der Waals surface area contributed by atoms with E-state index in [2.05, 4.69) is 39.4 Å². The Bertz CT molecular complexity index is 643. The summed E-state index contributed by atoms with van der Waals surface area (Å²) >= 11 is 0. The van der Waals surface area contributed by atoms with Gasteiger partial charge in [-0.3, -0.25) is 9.78 Å². The zero-order valence-corrected chi connectivity index (χ0v) is 13.8. The molecule has 0 unspecified atom stereocenters. The highest BCUT2D eigenvalue weighted by atomic mass is 16.1. The number of carbonyl (C=O) groups excluding carboxylic acids is 1. The number of hydrogen-bond acceptors (Lipinski definition) is 5. The molecule has 0 atom stereocenters. The van der Waals surface area contributed by atoms with E-state index in [4.69, 9.17) is 0 Å². The fourth-order valence-electron chi connectivity index (χ4n) is 2.00. The topological polar surface area (TPSA) is 79.8 Å².